The number of hydrogen-bond acceptors (Lipinski definition) is 14. The van der Waals surface area contributed by atoms with Crippen LogP contribution in [0.4, 0.5) is 32.8 Å². The molecule has 12 rings (SSSR count). The van der Waals surface area contributed by atoms with E-state index in [4.69, 9.17) is 14.2 Å². The van der Waals surface area contributed by atoms with Gasteiger partial charge in [0.2, 0.25) is 5.88 Å². The molecule has 5 fully saturated rings. The molecule has 0 bridgehead atoms. The van der Waals surface area contributed by atoms with Crippen LogP contribution in [0.25, 0.3) is 11.0 Å². The molecule has 2 spiro atoms. The number of aromatic amines is 1. The van der Waals surface area contributed by atoms with Gasteiger partial charge in [-0.1, -0.05) is 31.2 Å². The number of fused-ring (bicyclic) bond motifs is 5. The van der Waals surface area contributed by atoms with Gasteiger partial charge in [0.15, 0.2) is 0 Å². The van der Waals surface area contributed by atoms with Crippen molar-refractivity contribution in [2.75, 3.05) is 67.7 Å². The number of benzene rings is 3. The Hall–Kier alpha value is -5.86. The van der Waals surface area contributed by atoms with E-state index in [-0.39, 0.29) is 51.6 Å². The minimum Gasteiger partial charge on any atom is -0.468 e. The number of halogens is 1. The molecule has 4 N–H and O–H groups in total. The van der Waals surface area contributed by atoms with E-state index < -0.39 is 55.0 Å². The summed E-state index contributed by atoms with van der Waals surface area (Å²) in [5.74, 6) is -0.599. The monoisotopic (exact) mass is 1020 g/mol. The van der Waals surface area contributed by atoms with Crippen molar-refractivity contribution in [2.45, 2.75) is 118 Å². The molecule has 0 radical (unpaired) electrons. The third-order valence-corrected chi connectivity index (χ3v) is 18.9. The first-order valence-corrected chi connectivity index (χ1v) is 27.4. The maximum Gasteiger partial charge on any atom is 0.293 e. The van der Waals surface area contributed by atoms with E-state index in [0.29, 0.717) is 55.7 Å². The van der Waals surface area contributed by atoms with Crippen LogP contribution >= 0.6 is 0 Å². The molecule has 17 nitrogen and oxygen atoms in total. The summed E-state index contributed by atoms with van der Waals surface area (Å²) in [4.78, 5) is 40.6. The van der Waals surface area contributed by atoms with E-state index in [2.05, 4.69) is 61.0 Å². The number of rotatable bonds is 10. The van der Waals surface area contributed by atoms with Crippen LogP contribution in [0, 0.1) is 27.3 Å². The van der Waals surface area contributed by atoms with Crippen molar-refractivity contribution >= 4 is 55.4 Å². The summed E-state index contributed by atoms with van der Waals surface area (Å²) in [6, 6.07) is 19.6. The zero-order chi connectivity index (χ0) is 50.4. The highest BCUT2D eigenvalue weighted by Gasteiger charge is 2.56. The molecule has 4 aliphatic heterocycles. The van der Waals surface area contributed by atoms with Crippen LogP contribution in [-0.2, 0) is 25.0 Å². The Balaban J connectivity index is 0.829. The van der Waals surface area contributed by atoms with Crippen LogP contribution in [0.3, 0.4) is 0 Å². The van der Waals surface area contributed by atoms with Crippen LogP contribution in [0.5, 0.6) is 5.88 Å². The van der Waals surface area contributed by atoms with Crippen molar-refractivity contribution in [1.82, 2.24) is 19.6 Å². The average molecular weight is 1020 g/mol. The second-order valence-electron chi connectivity index (χ2n) is 22.2. The van der Waals surface area contributed by atoms with Gasteiger partial charge in [0, 0.05) is 56.8 Å². The summed E-state index contributed by atoms with van der Waals surface area (Å²) in [5, 5.41) is 26.1. The number of aliphatic hydroxyl groups is 1. The van der Waals surface area contributed by atoms with Crippen molar-refractivity contribution in [3.63, 3.8) is 0 Å². The molecule has 6 heterocycles. The number of nitrogens with zero attached hydrogens (tertiary/aromatic N) is 5. The lowest BCUT2D eigenvalue weighted by atomic mass is 9.59. The van der Waals surface area contributed by atoms with Gasteiger partial charge in [0.25, 0.3) is 21.6 Å². The van der Waals surface area contributed by atoms with Gasteiger partial charge >= 0.3 is 0 Å². The van der Waals surface area contributed by atoms with E-state index >= 15 is 4.39 Å². The van der Waals surface area contributed by atoms with E-state index in [0.717, 1.165) is 89.5 Å². The summed E-state index contributed by atoms with van der Waals surface area (Å²) < 4.78 is 64.5. The van der Waals surface area contributed by atoms with Gasteiger partial charge in [-0.3, -0.25) is 19.8 Å². The Morgan fingerprint density at radius 1 is 0.973 bits per heavy atom. The van der Waals surface area contributed by atoms with Gasteiger partial charge < -0.3 is 39.4 Å². The molecular weight excluding hydrogens is 956 g/mol. The van der Waals surface area contributed by atoms with Crippen LogP contribution in [-0.4, -0.2) is 116 Å². The Kier molecular flexibility index (Phi) is 12.0. The quantitative estimate of drug-likeness (QED) is 0.0769. The summed E-state index contributed by atoms with van der Waals surface area (Å²) >= 11 is 0. The van der Waals surface area contributed by atoms with E-state index in [1.54, 1.807) is 12.1 Å². The molecular formula is C54H63FN8O9S. The highest BCUT2D eigenvalue weighted by molar-refractivity contribution is 7.90. The summed E-state index contributed by atoms with van der Waals surface area (Å²) in [6.45, 7) is 9.12. The summed E-state index contributed by atoms with van der Waals surface area (Å²) in [6.07, 6.45) is 9.21. The van der Waals surface area contributed by atoms with Gasteiger partial charge in [-0.2, -0.15) is 4.98 Å². The lowest BCUT2D eigenvalue weighted by molar-refractivity contribution is -0.384. The molecule has 0 unspecified atom stereocenters. The molecule has 386 valence electrons. The van der Waals surface area contributed by atoms with E-state index in [1.807, 2.05) is 24.0 Å². The third-order valence-electron chi connectivity index (χ3n) is 17.6. The van der Waals surface area contributed by atoms with Crippen LogP contribution in [0.1, 0.15) is 105 Å². The van der Waals surface area contributed by atoms with Crippen molar-refractivity contribution in [3.8, 4) is 5.88 Å². The fraction of sp³-hybridized carbons (Fsp3) is 0.519. The van der Waals surface area contributed by atoms with Crippen molar-refractivity contribution in [3.05, 3.63) is 106 Å². The van der Waals surface area contributed by atoms with Gasteiger partial charge in [-0.15, -0.1) is 0 Å². The highest BCUT2D eigenvalue weighted by Crippen LogP contribution is 2.57. The molecule has 1 amide bonds. The highest BCUT2D eigenvalue weighted by atomic mass is 32.2. The topological polar surface area (TPSA) is 205 Å². The fourth-order valence-corrected chi connectivity index (χ4v) is 14.6. The predicted molar refractivity (Wildman–Crippen MR) is 273 cm³/mol. The average Bonchev–Trinajstić information content (AvgIpc) is 3.88. The number of nitro groups is 1. The lowest BCUT2D eigenvalue weighted by Gasteiger charge is -2.60. The number of morpholine rings is 1. The number of nitrogens with one attached hydrogen (secondary N) is 3. The first kappa shape index (κ1) is 48.1. The lowest BCUT2D eigenvalue weighted by Crippen LogP contribution is -2.63. The number of anilines is 4. The van der Waals surface area contributed by atoms with Gasteiger partial charge in [0.1, 0.15) is 28.9 Å². The summed E-state index contributed by atoms with van der Waals surface area (Å²) in [5.41, 5.74) is 3.90. The molecule has 3 aliphatic carbocycles. The third kappa shape index (κ3) is 8.57. The number of carbonyl (C=O) groups is 1. The minimum absolute atomic E-state index is 0.0249. The normalized spacial score (nSPS) is 28.0. The number of piperidine rings is 1. The SMILES string of the molecule is C[C@@H]1C[C@]2(COCCN2C2CC3(CCN(c4ccc(C(=O)NS(=O)(=O)c5ccc(NC[C@H]6CC[C@](C)(O)CC6)c([N+](=O)[O-])c5)c(N5c6cc7c(F)c[nH]c7nc6O[C@H]6COCC[C@@H]65)c4)CC3)C2)c2ccccc21. The molecule has 2 aromatic heterocycles. The van der Waals surface area contributed by atoms with Gasteiger partial charge in [-0.05, 0) is 136 Å². The Morgan fingerprint density at radius 3 is 2.56 bits per heavy atom. The van der Waals surface area contributed by atoms with E-state index in [1.165, 1.54) is 29.5 Å². The molecule has 3 saturated heterocycles. The van der Waals surface area contributed by atoms with Crippen molar-refractivity contribution < 1.29 is 41.8 Å². The number of nitro benzene ring substituents is 1. The minimum atomic E-state index is -4.67. The summed E-state index contributed by atoms with van der Waals surface area (Å²) in [7, 11) is -4.67. The predicted octanol–water partition coefficient (Wildman–Crippen LogP) is 8.25. The molecule has 5 aromatic rings. The van der Waals surface area contributed by atoms with Crippen LogP contribution in [0.15, 0.2) is 77.8 Å². The molecule has 3 aromatic carbocycles. The number of ether oxygens (including phenoxy) is 3. The number of aromatic nitrogens is 2. The zero-order valence-electron chi connectivity index (χ0n) is 41.3. The smallest absolute Gasteiger partial charge is 0.293 e. The number of sulfonamides is 1. The Morgan fingerprint density at radius 2 is 1.77 bits per heavy atom. The maximum atomic E-state index is 15.3. The second kappa shape index (κ2) is 18.2. The van der Waals surface area contributed by atoms with E-state index in [9.17, 15) is 28.4 Å². The second-order valence-corrected chi connectivity index (χ2v) is 23.9. The zero-order valence-corrected chi connectivity index (χ0v) is 42.1. The largest absolute Gasteiger partial charge is 0.468 e. The van der Waals surface area contributed by atoms with Gasteiger partial charge in [0.05, 0.1) is 63.5 Å². The number of carbonyl (C=O) groups excluding carboxylic acids is 1. The van der Waals surface area contributed by atoms with Crippen LogP contribution in [0.2, 0.25) is 0 Å². The first-order valence-electron chi connectivity index (χ1n) is 26.0. The number of hydrogen-bond donors (Lipinski definition) is 4. The van der Waals surface area contributed by atoms with Crippen molar-refractivity contribution in [1.29, 1.82) is 0 Å². The maximum absolute atomic E-state index is 15.3. The Bertz CT molecular complexity index is 3090. The number of H-pyrrole nitrogens is 1. The molecule has 7 aliphatic rings. The number of amides is 1. The molecule has 19 heteroatoms. The number of pyridine rings is 1. The molecule has 2 saturated carbocycles. The van der Waals surface area contributed by atoms with Crippen LogP contribution < -0.4 is 24.6 Å². The molecule has 4 atom stereocenters. The van der Waals surface area contributed by atoms with Gasteiger partial charge in [-0.25, -0.2) is 17.5 Å². The standard InChI is InChI=1S/C54H63FN8O9S/c1-33-26-54(41-6-4-3-5-38(33)41)32-71-22-20-61(54)36-27-53(28-36)16-18-60(19-17-53)35-7-9-39(45(23-35)62-44-13-21-70-31-48(44)72-51-47(62)25-40-42(55)30-57-49(40)58-51)50(64)59-73(68,69)37-8-10-43(46(24-37)63(66)67)56-29-34-11-14-52(2,65)15-12-34/h3-10,23-25,30,33-34,36,44,48,56,65H,11-22,26-29,31-32H2,1-2H3,(H,57,58)(H,59,64)/t33-,34-,44+,48+,52-,54+/m1/s1. The molecule has 73 heavy (non-hydrogen) atoms. The fourth-order valence-electron chi connectivity index (χ4n) is 13.6. The Labute approximate surface area is 424 Å². The van der Waals surface area contributed by atoms with Crippen molar-refractivity contribution in [2.24, 2.45) is 11.3 Å². The first-order chi connectivity index (χ1) is 35.1.